The van der Waals surface area contributed by atoms with Crippen LogP contribution in [0.15, 0.2) is 42.7 Å². The number of aliphatic hydroxyl groups is 1. The Labute approximate surface area is 192 Å². The van der Waals surface area contributed by atoms with Crippen LogP contribution in [0.2, 0.25) is 0 Å². The van der Waals surface area contributed by atoms with E-state index < -0.39 is 23.1 Å². The Hall–Kier alpha value is -3.37. The predicted molar refractivity (Wildman–Crippen MR) is 119 cm³/mol. The molecule has 0 saturated carbocycles. The molecule has 1 atom stereocenters. The highest BCUT2D eigenvalue weighted by Gasteiger charge is 2.32. The lowest BCUT2D eigenvalue weighted by Crippen LogP contribution is -2.46. The van der Waals surface area contributed by atoms with Crippen LogP contribution in [0.3, 0.4) is 0 Å². The third-order valence-electron chi connectivity index (χ3n) is 5.31. The standard InChI is InChI=1S/C23H22F2N4O3S/c1-13-20(22(31)28-23(3,12-30)19-10-26-14(2)33-19)29-9-5-8-18(21(29)27-13)32-11-15-16(24)6-4-7-17(15)25/h4-10,30H,11-12H2,1-3H3,(H,28,31). The zero-order valence-corrected chi connectivity index (χ0v) is 19.0. The average molecular weight is 473 g/mol. The Balaban J connectivity index is 1.64. The van der Waals surface area contributed by atoms with Gasteiger partial charge < -0.3 is 15.2 Å². The van der Waals surface area contributed by atoms with Gasteiger partial charge in [0.15, 0.2) is 11.4 Å². The quantitative estimate of drug-likeness (QED) is 0.426. The number of carbonyl (C=O) groups is 1. The number of rotatable bonds is 7. The molecule has 33 heavy (non-hydrogen) atoms. The van der Waals surface area contributed by atoms with Crippen molar-refractivity contribution in [3.8, 4) is 5.75 Å². The zero-order chi connectivity index (χ0) is 23.8. The van der Waals surface area contributed by atoms with Crippen LogP contribution in [0.1, 0.15) is 38.6 Å². The number of ether oxygens (including phenoxy) is 1. The molecule has 1 unspecified atom stereocenters. The second-order valence-corrected chi connectivity index (χ2v) is 9.02. The van der Waals surface area contributed by atoms with Crippen molar-refractivity contribution in [2.45, 2.75) is 32.9 Å². The number of imidazole rings is 1. The van der Waals surface area contributed by atoms with Gasteiger partial charge in [-0.15, -0.1) is 11.3 Å². The lowest BCUT2D eigenvalue weighted by atomic mass is 10.0. The first-order chi connectivity index (χ1) is 15.7. The molecule has 0 spiro atoms. The number of aryl methyl sites for hydroxylation is 2. The van der Waals surface area contributed by atoms with Crippen molar-refractivity contribution in [3.63, 3.8) is 0 Å². The third kappa shape index (κ3) is 4.31. The fourth-order valence-corrected chi connectivity index (χ4v) is 4.34. The molecule has 0 saturated heterocycles. The Morgan fingerprint density at radius 3 is 2.61 bits per heavy atom. The van der Waals surface area contributed by atoms with Crippen LogP contribution in [-0.4, -0.2) is 32.0 Å². The van der Waals surface area contributed by atoms with Crippen LogP contribution in [0.25, 0.3) is 5.65 Å². The highest BCUT2D eigenvalue weighted by molar-refractivity contribution is 7.11. The highest BCUT2D eigenvalue weighted by atomic mass is 32.1. The first kappa shape index (κ1) is 22.8. The zero-order valence-electron chi connectivity index (χ0n) is 18.2. The van der Waals surface area contributed by atoms with E-state index in [0.717, 1.165) is 22.0 Å². The number of aliphatic hydroxyl groups excluding tert-OH is 1. The van der Waals surface area contributed by atoms with E-state index in [1.165, 1.54) is 17.4 Å². The SMILES string of the molecule is Cc1ncc(C(C)(CO)NC(=O)c2c(C)nc3c(OCc4c(F)cccc4F)cccn23)s1. The van der Waals surface area contributed by atoms with E-state index in [1.807, 2.05) is 6.92 Å². The number of hydrogen-bond acceptors (Lipinski definition) is 6. The van der Waals surface area contributed by atoms with Crippen LogP contribution in [0.4, 0.5) is 8.78 Å². The van der Waals surface area contributed by atoms with Crippen molar-refractivity contribution in [2.24, 2.45) is 0 Å². The first-order valence-corrected chi connectivity index (χ1v) is 10.9. The van der Waals surface area contributed by atoms with Gasteiger partial charge in [0, 0.05) is 12.4 Å². The van der Waals surface area contributed by atoms with Gasteiger partial charge >= 0.3 is 0 Å². The van der Waals surface area contributed by atoms with Gasteiger partial charge in [0.2, 0.25) is 0 Å². The minimum atomic E-state index is -1.03. The van der Waals surface area contributed by atoms with Gasteiger partial charge in [0.05, 0.1) is 33.3 Å². The van der Waals surface area contributed by atoms with Crippen LogP contribution >= 0.6 is 11.3 Å². The fourth-order valence-electron chi connectivity index (χ4n) is 3.47. The summed E-state index contributed by atoms with van der Waals surface area (Å²) in [6.07, 6.45) is 3.28. The summed E-state index contributed by atoms with van der Waals surface area (Å²) in [5.41, 5.74) is -0.207. The smallest absolute Gasteiger partial charge is 0.271 e. The monoisotopic (exact) mass is 472 g/mol. The lowest BCUT2D eigenvalue weighted by molar-refractivity contribution is 0.0846. The summed E-state index contributed by atoms with van der Waals surface area (Å²) in [6.45, 7) is 4.58. The summed E-state index contributed by atoms with van der Waals surface area (Å²) in [6, 6.07) is 6.86. The third-order valence-corrected chi connectivity index (χ3v) is 6.48. The molecule has 172 valence electrons. The van der Waals surface area contributed by atoms with Crippen molar-refractivity contribution in [2.75, 3.05) is 6.61 Å². The first-order valence-electron chi connectivity index (χ1n) is 10.1. The molecule has 2 N–H and O–H groups in total. The molecular weight excluding hydrogens is 450 g/mol. The molecular formula is C23H22F2N4O3S. The van der Waals surface area contributed by atoms with Crippen molar-refractivity contribution >= 4 is 22.9 Å². The number of aromatic nitrogens is 3. The van der Waals surface area contributed by atoms with E-state index in [1.54, 1.807) is 42.8 Å². The van der Waals surface area contributed by atoms with Crippen molar-refractivity contribution in [3.05, 3.63) is 81.2 Å². The van der Waals surface area contributed by atoms with Gasteiger partial charge in [-0.1, -0.05) is 6.07 Å². The molecule has 0 radical (unpaired) electrons. The number of benzene rings is 1. The Morgan fingerprint density at radius 2 is 1.97 bits per heavy atom. The van der Waals surface area contributed by atoms with Crippen LogP contribution in [0, 0.1) is 25.5 Å². The number of carbonyl (C=O) groups excluding carboxylic acids is 1. The number of nitrogens with zero attached hydrogens (tertiary/aromatic N) is 3. The number of hydrogen-bond donors (Lipinski definition) is 2. The van der Waals surface area contributed by atoms with Crippen LogP contribution < -0.4 is 10.1 Å². The summed E-state index contributed by atoms with van der Waals surface area (Å²) in [7, 11) is 0. The molecule has 0 fully saturated rings. The molecule has 0 bridgehead atoms. The molecule has 1 aromatic carbocycles. The average Bonchev–Trinajstić information content (AvgIpc) is 3.36. The second-order valence-electron chi connectivity index (χ2n) is 7.79. The maximum atomic E-state index is 14.0. The van der Waals surface area contributed by atoms with Crippen molar-refractivity contribution < 1.29 is 23.4 Å². The van der Waals surface area contributed by atoms with Gasteiger partial charge in [-0.25, -0.2) is 18.7 Å². The summed E-state index contributed by atoms with van der Waals surface area (Å²) in [5.74, 6) is -1.59. The second kappa shape index (κ2) is 8.87. The van der Waals surface area contributed by atoms with Gasteiger partial charge in [-0.2, -0.15) is 0 Å². The van der Waals surface area contributed by atoms with E-state index in [0.29, 0.717) is 11.3 Å². The van der Waals surface area contributed by atoms with Gasteiger partial charge in [0.1, 0.15) is 23.9 Å². The summed E-state index contributed by atoms with van der Waals surface area (Å²) in [4.78, 5) is 22.6. The van der Waals surface area contributed by atoms with Gasteiger partial charge in [-0.05, 0) is 45.0 Å². The minimum absolute atomic E-state index is 0.195. The molecule has 0 aliphatic heterocycles. The Bertz CT molecular complexity index is 1320. The summed E-state index contributed by atoms with van der Waals surface area (Å²) < 4.78 is 35.1. The summed E-state index contributed by atoms with van der Waals surface area (Å²) in [5, 5.41) is 13.7. The molecule has 3 aromatic heterocycles. The van der Waals surface area contributed by atoms with E-state index >= 15 is 0 Å². The van der Waals surface area contributed by atoms with E-state index in [2.05, 4.69) is 15.3 Å². The van der Waals surface area contributed by atoms with Crippen molar-refractivity contribution in [1.82, 2.24) is 19.7 Å². The van der Waals surface area contributed by atoms with E-state index in [4.69, 9.17) is 4.74 Å². The largest absolute Gasteiger partial charge is 0.485 e. The highest BCUT2D eigenvalue weighted by Crippen LogP contribution is 2.28. The molecule has 7 nitrogen and oxygen atoms in total. The topological polar surface area (TPSA) is 88.8 Å². The van der Waals surface area contributed by atoms with Gasteiger partial charge in [0.25, 0.3) is 5.91 Å². The molecule has 4 rings (SSSR count). The van der Waals surface area contributed by atoms with Gasteiger partial charge in [-0.3, -0.25) is 9.20 Å². The number of fused-ring (bicyclic) bond motifs is 1. The summed E-state index contributed by atoms with van der Waals surface area (Å²) >= 11 is 1.39. The van der Waals surface area contributed by atoms with E-state index in [9.17, 15) is 18.7 Å². The molecule has 1 amide bonds. The number of nitrogens with one attached hydrogen (secondary N) is 1. The predicted octanol–water partition coefficient (Wildman–Crippen LogP) is 3.90. The molecule has 0 aliphatic carbocycles. The maximum Gasteiger partial charge on any atom is 0.271 e. The number of halogens is 2. The van der Waals surface area contributed by atoms with Crippen molar-refractivity contribution in [1.29, 1.82) is 0 Å². The minimum Gasteiger partial charge on any atom is -0.485 e. The lowest BCUT2D eigenvalue weighted by Gasteiger charge is -2.27. The maximum absolute atomic E-state index is 14.0. The van der Waals surface area contributed by atoms with Crippen LogP contribution in [0.5, 0.6) is 5.75 Å². The Morgan fingerprint density at radius 1 is 1.24 bits per heavy atom. The number of amides is 1. The normalized spacial score (nSPS) is 13.2. The van der Waals surface area contributed by atoms with Crippen LogP contribution in [-0.2, 0) is 12.1 Å². The molecule has 4 aromatic rings. The van der Waals surface area contributed by atoms with E-state index in [-0.39, 0.29) is 30.2 Å². The number of pyridine rings is 1. The molecule has 10 heteroatoms. The molecule has 0 aliphatic rings. The fraction of sp³-hybridized carbons (Fsp3) is 0.261. The molecule has 3 heterocycles. The Kier molecular flexibility index (Phi) is 6.13. The number of thiazole rings is 1.